The van der Waals surface area contributed by atoms with Crippen molar-refractivity contribution >= 4 is 23.2 Å². The van der Waals surface area contributed by atoms with Crippen LogP contribution in [0.1, 0.15) is 11.1 Å². The summed E-state index contributed by atoms with van der Waals surface area (Å²) >= 11 is 11.7. The molecule has 19 heavy (non-hydrogen) atoms. The zero-order chi connectivity index (χ0) is 14.2. The van der Waals surface area contributed by atoms with Crippen LogP contribution in [0.15, 0.2) is 30.5 Å². The van der Waals surface area contributed by atoms with Crippen molar-refractivity contribution in [3.05, 3.63) is 51.6 Å². The Labute approximate surface area is 118 Å². The average molecular weight is 306 g/mol. The van der Waals surface area contributed by atoms with E-state index in [1.165, 1.54) is 6.92 Å². The lowest BCUT2D eigenvalue weighted by Gasteiger charge is -2.13. The molecule has 0 saturated heterocycles. The highest BCUT2D eigenvalue weighted by atomic mass is 35.5. The lowest BCUT2D eigenvalue weighted by atomic mass is 10.1. The fourth-order valence-electron chi connectivity index (χ4n) is 1.67. The maximum absolute atomic E-state index is 12.7. The van der Waals surface area contributed by atoms with Crippen LogP contribution in [0.4, 0.5) is 13.2 Å². The van der Waals surface area contributed by atoms with Crippen molar-refractivity contribution < 1.29 is 13.2 Å². The molecule has 0 atom stereocenters. The fourth-order valence-corrected chi connectivity index (χ4v) is 2.06. The van der Waals surface area contributed by atoms with E-state index in [0.717, 1.165) is 6.20 Å². The number of rotatable bonds is 1. The molecule has 0 N–H and O–H groups in total. The van der Waals surface area contributed by atoms with Gasteiger partial charge in [-0.1, -0.05) is 35.3 Å². The van der Waals surface area contributed by atoms with Crippen LogP contribution in [0.25, 0.3) is 11.3 Å². The first-order valence-corrected chi connectivity index (χ1v) is 6.04. The summed E-state index contributed by atoms with van der Waals surface area (Å²) < 4.78 is 38.1. The van der Waals surface area contributed by atoms with Gasteiger partial charge in [0.05, 0.1) is 16.3 Å². The monoisotopic (exact) mass is 305 g/mol. The molecule has 0 bridgehead atoms. The second kappa shape index (κ2) is 5.02. The van der Waals surface area contributed by atoms with Gasteiger partial charge in [0.25, 0.3) is 0 Å². The summed E-state index contributed by atoms with van der Waals surface area (Å²) in [5, 5.41) is 0.528. The number of benzene rings is 1. The van der Waals surface area contributed by atoms with Crippen LogP contribution in [0.3, 0.4) is 0 Å². The second-order valence-electron chi connectivity index (χ2n) is 3.96. The molecule has 0 aliphatic carbocycles. The van der Waals surface area contributed by atoms with Gasteiger partial charge in [0.15, 0.2) is 0 Å². The zero-order valence-corrected chi connectivity index (χ0v) is 11.2. The van der Waals surface area contributed by atoms with Gasteiger partial charge in [0, 0.05) is 16.8 Å². The first-order valence-electron chi connectivity index (χ1n) is 5.29. The number of alkyl halides is 3. The normalized spacial score (nSPS) is 11.7. The minimum atomic E-state index is -4.46. The predicted molar refractivity (Wildman–Crippen MR) is 69.4 cm³/mol. The highest BCUT2D eigenvalue weighted by Gasteiger charge is 2.34. The Hall–Kier alpha value is -1.26. The fraction of sp³-hybridized carbons (Fsp3) is 0.154. The molecule has 0 saturated carbocycles. The molecule has 0 fully saturated rings. The lowest BCUT2D eigenvalue weighted by Crippen LogP contribution is -2.09. The van der Waals surface area contributed by atoms with Crippen LogP contribution in [-0.4, -0.2) is 4.98 Å². The van der Waals surface area contributed by atoms with Crippen LogP contribution >= 0.6 is 23.2 Å². The Balaban J connectivity index is 2.56. The summed E-state index contributed by atoms with van der Waals surface area (Å²) in [7, 11) is 0. The molecule has 6 heteroatoms. The van der Waals surface area contributed by atoms with Crippen molar-refractivity contribution in [1.82, 2.24) is 4.98 Å². The molecule has 1 nitrogen and oxygen atoms in total. The minimum absolute atomic E-state index is 0.00264. The van der Waals surface area contributed by atoms with E-state index in [0.29, 0.717) is 16.3 Å². The van der Waals surface area contributed by atoms with Crippen LogP contribution in [0, 0.1) is 6.92 Å². The predicted octanol–water partition coefficient (Wildman–Crippen LogP) is 5.38. The van der Waals surface area contributed by atoms with Crippen molar-refractivity contribution in [2.24, 2.45) is 0 Å². The van der Waals surface area contributed by atoms with Crippen LogP contribution in [0.5, 0.6) is 0 Å². The molecular weight excluding hydrogens is 298 g/mol. The van der Waals surface area contributed by atoms with Crippen molar-refractivity contribution in [2.75, 3.05) is 0 Å². The van der Waals surface area contributed by atoms with Gasteiger partial charge in [0.1, 0.15) is 0 Å². The summed E-state index contributed by atoms with van der Waals surface area (Å²) in [5.41, 5.74) is 0.0689. The first-order chi connectivity index (χ1) is 8.80. The molecule has 1 aromatic carbocycles. The topological polar surface area (TPSA) is 12.9 Å². The van der Waals surface area contributed by atoms with Gasteiger partial charge < -0.3 is 0 Å². The van der Waals surface area contributed by atoms with E-state index in [2.05, 4.69) is 4.98 Å². The number of hydrogen-bond acceptors (Lipinski definition) is 1. The molecular formula is C13H8Cl2F3N. The quantitative estimate of drug-likeness (QED) is 0.689. The molecule has 0 amide bonds. The van der Waals surface area contributed by atoms with E-state index in [-0.39, 0.29) is 10.6 Å². The Morgan fingerprint density at radius 2 is 1.63 bits per heavy atom. The van der Waals surface area contributed by atoms with E-state index >= 15 is 0 Å². The van der Waals surface area contributed by atoms with Gasteiger partial charge >= 0.3 is 6.18 Å². The number of hydrogen-bond donors (Lipinski definition) is 0. The molecule has 1 heterocycles. The molecule has 0 radical (unpaired) electrons. The molecule has 2 aromatic rings. The van der Waals surface area contributed by atoms with Gasteiger partial charge in [-0.2, -0.15) is 13.2 Å². The summed E-state index contributed by atoms with van der Waals surface area (Å²) in [6.45, 7) is 1.33. The van der Waals surface area contributed by atoms with Crippen molar-refractivity contribution in [3.63, 3.8) is 0 Å². The maximum Gasteiger partial charge on any atom is 0.418 e. The second-order valence-corrected chi connectivity index (χ2v) is 4.78. The molecule has 0 spiro atoms. The van der Waals surface area contributed by atoms with E-state index in [4.69, 9.17) is 23.2 Å². The van der Waals surface area contributed by atoms with E-state index in [1.807, 2.05) is 0 Å². The largest absolute Gasteiger partial charge is 0.418 e. The Bertz CT molecular complexity index is 607. The van der Waals surface area contributed by atoms with E-state index in [1.54, 1.807) is 24.3 Å². The van der Waals surface area contributed by atoms with Crippen molar-refractivity contribution in [1.29, 1.82) is 0 Å². The van der Waals surface area contributed by atoms with Gasteiger partial charge in [0.2, 0.25) is 0 Å². The molecule has 1 aromatic heterocycles. The maximum atomic E-state index is 12.7. The zero-order valence-electron chi connectivity index (χ0n) is 9.72. The third-order valence-corrected chi connectivity index (χ3v) is 3.40. The number of pyridine rings is 1. The molecule has 0 aliphatic heterocycles. The highest BCUT2D eigenvalue weighted by molar-refractivity contribution is 6.34. The first kappa shape index (κ1) is 14.2. The Kier molecular flexibility index (Phi) is 3.74. The number of halogens is 5. The molecule has 100 valence electrons. The Morgan fingerprint density at radius 3 is 2.16 bits per heavy atom. The van der Waals surface area contributed by atoms with Gasteiger partial charge in [-0.3, -0.25) is 4.98 Å². The van der Waals surface area contributed by atoms with Crippen molar-refractivity contribution in [3.8, 4) is 11.3 Å². The van der Waals surface area contributed by atoms with Crippen LogP contribution < -0.4 is 0 Å². The SMILES string of the molecule is Cc1c(C(F)(F)F)cnc(-c2ccc(Cl)cc2)c1Cl. The van der Waals surface area contributed by atoms with E-state index in [9.17, 15) is 13.2 Å². The summed E-state index contributed by atoms with van der Waals surface area (Å²) in [6.07, 6.45) is -3.66. The number of nitrogens with zero attached hydrogens (tertiary/aromatic N) is 1. The molecule has 2 rings (SSSR count). The molecule has 0 aliphatic rings. The van der Waals surface area contributed by atoms with Crippen LogP contribution in [-0.2, 0) is 6.18 Å². The average Bonchev–Trinajstić information content (AvgIpc) is 2.32. The third-order valence-electron chi connectivity index (χ3n) is 2.69. The lowest BCUT2D eigenvalue weighted by molar-refractivity contribution is -0.138. The third kappa shape index (κ3) is 2.85. The van der Waals surface area contributed by atoms with Crippen LogP contribution in [0.2, 0.25) is 10.0 Å². The van der Waals surface area contributed by atoms with Gasteiger partial charge in [-0.05, 0) is 24.6 Å². The van der Waals surface area contributed by atoms with Crippen molar-refractivity contribution in [2.45, 2.75) is 13.1 Å². The summed E-state index contributed by atoms with van der Waals surface area (Å²) in [5.74, 6) is 0. The number of aromatic nitrogens is 1. The summed E-state index contributed by atoms with van der Waals surface area (Å²) in [4.78, 5) is 3.81. The van der Waals surface area contributed by atoms with Gasteiger partial charge in [-0.25, -0.2) is 0 Å². The minimum Gasteiger partial charge on any atom is -0.254 e. The smallest absolute Gasteiger partial charge is 0.254 e. The summed E-state index contributed by atoms with van der Waals surface area (Å²) in [6, 6.07) is 6.57. The Morgan fingerprint density at radius 1 is 1.05 bits per heavy atom. The standard InChI is InChI=1S/C13H8Cl2F3N/c1-7-10(13(16,17)18)6-19-12(11(7)15)8-2-4-9(14)5-3-8/h2-6H,1H3. The molecule has 0 unspecified atom stereocenters. The highest BCUT2D eigenvalue weighted by Crippen LogP contribution is 2.37. The van der Waals surface area contributed by atoms with Gasteiger partial charge in [-0.15, -0.1) is 0 Å². The van der Waals surface area contributed by atoms with E-state index < -0.39 is 11.7 Å².